The minimum absolute atomic E-state index is 0.0532. The molecule has 3 rings (SSSR count). The number of nitrogens with zero attached hydrogens (tertiary/aromatic N) is 2. The molecular weight excluding hydrogens is 308 g/mol. The third-order valence-corrected chi connectivity index (χ3v) is 3.93. The molecule has 0 saturated heterocycles. The van der Waals surface area contributed by atoms with Crippen molar-refractivity contribution in [3.63, 3.8) is 0 Å². The molecule has 2 aromatic rings. The summed E-state index contributed by atoms with van der Waals surface area (Å²) in [4.78, 5) is 22.5. The van der Waals surface area contributed by atoms with Crippen LogP contribution in [-0.2, 0) is 0 Å². The van der Waals surface area contributed by atoms with Crippen molar-refractivity contribution in [3.05, 3.63) is 56.4 Å². The second kappa shape index (κ2) is 5.42. The minimum atomic E-state index is -0.602. The highest BCUT2D eigenvalue weighted by atomic mass is 35.5. The summed E-state index contributed by atoms with van der Waals surface area (Å²) in [6, 6.07) is 7.40. The molecule has 1 aliphatic carbocycles. The number of nitro groups is 1. The monoisotopic (exact) mass is 320 g/mol. The molecule has 2 atom stereocenters. The largest absolute Gasteiger partial charge is 0.347 e. The van der Waals surface area contributed by atoms with Crippen molar-refractivity contribution in [2.75, 3.05) is 0 Å². The number of halogens is 1. The van der Waals surface area contributed by atoms with E-state index in [1.54, 1.807) is 6.07 Å². The Kier molecular flexibility index (Phi) is 3.58. The third kappa shape index (κ3) is 2.67. The van der Waals surface area contributed by atoms with Gasteiger partial charge in [-0.3, -0.25) is 20.0 Å². The molecule has 1 fully saturated rings. The van der Waals surface area contributed by atoms with Crippen molar-refractivity contribution in [3.8, 4) is 0 Å². The molecule has 1 saturated carbocycles. The van der Waals surface area contributed by atoms with Gasteiger partial charge in [-0.25, -0.2) is 0 Å². The predicted molar refractivity (Wildman–Crippen MR) is 80.0 cm³/mol. The van der Waals surface area contributed by atoms with Gasteiger partial charge in [-0.1, -0.05) is 23.7 Å². The van der Waals surface area contributed by atoms with Crippen LogP contribution >= 0.6 is 11.6 Å². The normalized spacial score (nSPS) is 19.7. The van der Waals surface area contributed by atoms with E-state index in [9.17, 15) is 14.9 Å². The fourth-order valence-electron chi connectivity index (χ4n) is 2.50. The Morgan fingerprint density at radius 3 is 3.00 bits per heavy atom. The van der Waals surface area contributed by atoms with Gasteiger partial charge in [-0.15, -0.1) is 0 Å². The molecule has 0 spiro atoms. The van der Waals surface area contributed by atoms with Crippen LogP contribution in [0.3, 0.4) is 0 Å². The maximum absolute atomic E-state index is 12.2. The van der Waals surface area contributed by atoms with E-state index in [-0.39, 0.29) is 29.0 Å². The number of hydrogen-bond acceptors (Lipinski definition) is 4. The quantitative estimate of drug-likeness (QED) is 0.667. The van der Waals surface area contributed by atoms with E-state index >= 15 is 0 Å². The van der Waals surface area contributed by atoms with Crippen LogP contribution in [0.15, 0.2) is 24.3 Å². The van der Waals surface area contributed by atoms with Gasteiger partial charge in [0.2, 0.25) is 5.69 Å². The predicted octanol–water partition coefficient (Wildman–Crippen LogP) is 2.57. The fourth-order valence-corrected chi connectivity index (χ4v) is 2.70. The number of aromatic nitrogens is 2. The maximum atomic E-state index is 12.2. The molecule has 1 amide bonds. The molecule has 0 radical (unpaired) electrons. The Bertz CT molecular complexity index is 758. The third-order valence-electron chi connectivity index (χ3n) is 3.70. The lowest BCUT2D eigenvalue weighted by molar-refractivity contribution is -0.385. The van der Waals surface area contributed by atoms with Crippen molar-refractivity contribution in [2.45, 2.75) is 25.3 Å². The van der Waals surface area contributed by atoms with Gasteiger partial charge in [-0.05, 0) is 31.0 Å². The molecule has 22 heavy (non-hydrogen) atoms. The first-order chi connectivity index (χ1) is 10.5. The summed E-state index contributed by atoms with van der Waals surface area (Å²) in [5.74, 6) is -0.354. The Morgan fingerprint density at radius 1 is 1.55 bits per heavy atom. The van der Waals surface area contributed by atoms with E-state index in [1.165, 1.54) is 6.92 Å². The van der Waals surface area contributed by atoms with Crippen molar-refractivity contribution in [1.82, 2.24) is 15.5 Å². The number of hydrogen-bond donors (Lipinski definition) is 2. The molecule has 7 nitrogen and oxygen atoms in total. The molecule has 114 valence electrons. The summed E-state index contributed by atoms with van der Waals surface area (Å²) in [7, 11) is 0. The van der Waals surface area contributed by atoms with Crippen LogP contribution in [0.4, 0.5) is 5.69 Å². The number of aryl methyl sites for hydroxylation is 1. The lowest BCUT2D eigenvalue weighted by Crippen LogP contribution is -2.27. The van der Waals surface area contributed by atoms with Gasteiger partial charge in [0.05, 0.1) is 4.92 Å². The molecule has 0 unspecified atom stereocenters. The van der Waals surface area contributed by atoms with E-state index in [1.807, 2.05) is 18.2 Å². The topological polar surface area (TPSA) is 101 Å². The highest BCUT2D eigenvalue weighted by molar-refractivity contribution is 6.30. The van der Waals surface area contributed by atoms with E-state index in [0.717, 1.165) is 12.0 Å². The number of H-pyrrole nitrogens is 1. The molecule has 2 N–H and O–H groups in total. The zero-order valence-corrected chi connectivity index (χ0v) is 12.4. The molecule has 1 heterocycles. The number of carbonyl (C=O) groups is 1. The van der Waals surface area contributed by atoms with Crippen molar-refractivity contribution >= 4 is 23.2 Å². The summed E-state index contributed by atoms with van der Waals surface area (Å²) in [5.41, 5.74) is 0.847. The van der Waals surface area contributed by atoms with Crippen LogP contribution in [0.2, 0.25) is 5.02 Å². The van der Waals surface area contributed by atoms with Crippen LogP contribution in [0.25, 0.3) is 0 Å². The van der Waals surface area contributed by atoms with E-state index in [2.05, 4.69) is 15.5 Å². The molecule has 8 heteroatoms. The van der Waals surface area contributed by atoms with Gasteiger partial charge in [0.1, 0.15) is 5.69 Å². The number of nitrogens with one attached hydrogen (secondary N) is 2. The van der Waals surface area contributed by atoms with E-state index < -0.39 is 10.8 Å². The standard InChI is InChI=1S/C14H13ClN4O3/c1-7-13(19(21)22)12(18-17-7)14(20)16-11-6-10(11)8-3-2-4-9(15)5-8/h2-5,10-11H,6H2,1H3,(H,16,20)(H,17,18)/t10-,11+/m1/s1. The van der Waals surface area contributed by atoms with Gasteiger partial charge < -0.3 is 5.32 Å². The molecule has 1 aromatic carbocycles. The van der Waals surface area contributed by atoms with Gasteiger partial charge in [-0.2, -0.15) is 5.10 Å². The highest BCUT2D eigenvalue weighted by Crippen LogP contribution is 2.41. The summed E-state index contributed by atoms with van der Waals surface area (Å²) < 4.78 is 0. The molecule has 1 aromatic heterocycles. The second-order valence-electron chi connectivity index (χ2n) is 5.28. The Labute approximate surface area is 130 Å². The number of amides is 1. The Balaban J connectivity index is 1.71. The first-order valence-electron chi connectivity index (χ1n) is 6.73. The average molecular weight is 321 g/mol. The lowest BCUT2D eigenvalue weighted by atomic mass is 10.1. The Hall–Kier alpha value is -2.41. The number of carbonyl (C=O) groups excluding carboxylic acids is 1. The average Bonchev–Trinajstić information content (AvgIpc) is 3.10. The lowest BCUT2D eigenvalue weighted by Gasteiger charge is -2.03. The number of aromatic amines is 1. The molecule has 0 bridgehead atoms. The van der Waals surface area contributed by atoms with E-state index in [4.69, 9.17) is 11.6 Å². The zero-order chi connectivity index (χ0) is 15.9. The van der Waals surface area contributed by atoms with Gasteiger partial charge in [0.25, 0.3) is 5.91 Å². The molecule has 0 aliphatic heterocycles. The van der Waals surface area contributed by atoms with Crippen LogP contribution in [0.1, 0.15) is 34.1 Å². The molecular formula is C14H13ClN4O3. The number of benzene rings is 1. The smallest absolute Gasteiger partial charge is 0.322 e. The van der Waals surface area contributed by atoms with Crippen LogP contribution in [0, 0.1) is 17.0 Å². The van der Waals surface area contributed by atoms with Gasteiger partial charge in [0, 0.05) is 17.0 Å². The van der Waals surface area contributed by atoms with Crippen LogP contribution in [-0.4, -0.2) is 27.1 Å². The summed E-state index contributed by atoms with van der Waals surface area (Å²) in [6.45, 7) is 1.51. The summed E-state index contributed by atoms with van der Waals surface area (Å²) in [5, 5.41) is 20.6. The molecule has 1 aliphatic rings. The first-order valence-corrected chi connectivity index (χ1v) is 7.11. The minimum Gasteiger partial charge on any atom is -0.347 e. The van der Waals surface area contributed by atoms with Crippen molar-refractivity contribution < 1.29 is 9.72 Å². The van der Waals surface area contributed by atoms with Crippen LogP contribution < -0.4 is 5.32 Å². The van der Waals surface area contributed by atoms with Gasteiger partial charge >= 0.3 is 5.69 Å². The summed E-state index contributed by atoms with van der Waals surface area (Å²) in [6.07, 6.45) is 0.781. The van der Waals surface area contributed by atoms with Gasteiger partial charge in [0.15, 0.2) is 0 Å². The number of rotatable bonds is 4. The maximum Gasteiger partial charge on any atom is 0.322 e. The fraction of sp³-hybridized carbons (Fsp3) is 0.286. The van der Waals surface area contributed by atoms with Crippen LogP contribution in [0.5, 0.6) is 0 Å². The highest BCUT2D eigenvalue weighted by Gasteiger charge is 2.41. The van der Waals surface area contributed by atoms with Crippen molar-refractivity contribution in [2.24, 2.45) is 0 Å². The summed E-state index contributed by atoms with van der Waals surface area (Å²) >= 11 is 5.95. The Morgan fingerprint density at radius 2 is 2.32 bits per heavy atom. The zero-order valence-electron chi connectivity index (χ0n) is 11.7. The first kappa shape index (κ1) is 14.5. The second-order valence-corrected chi connectivity index (χ2v) is 5.72. The van der Waals surface area contributed by atoms with E-state index in [0.29, 0.717) is 5.02 Å². The van der Waals surface area contributed by atoms with Crippen molar-refractivity contribution in [1.29, 1.82) is 0 Å². The SMILES string of the molecule is Cc1[nH]nc(C(=O)N[C@H]2C[C@@H]2c2cccc(Cl)c2)c1[N+](=O)[O-].